The lowest BCUT2D eigenvalue weighted by atomic mass is 10.0. The van der Waals surface area contributed by atoms with Crippen LogP contribution in [0.5, 0.6) is 5.75 Å². The van der Waals surface area contributed by atoms with Gasteiger partial charge >= 0.3 is 11.9 Å². The first-order valence-corrected chi connectivity index (χ1v) is 14.2. The molecule has 10 heteroatoms. The maximum Gasteiger partial charge on any atom is 0.303 e. The summed E-state index contributed by atoms with van der Waals surface area (Å²) in [6.07, 6.45) is 6.74. The molecule has 0 spiro atoms. The van der Waals surface area contributed by atoms with E-state index in [1.54, 1.807) is 7.11 Å². The number of fused-ring (bicyclic) bond motifs is 2. The predicted octanol–water partition coefficient (Wildman–Crippen LogP) is 2.53. The molecule has 0 amide bonds. The van der Waals surface area contributed by atoms with Crippen molar-refractivity contribution in [1.82, 2.24) is 19.8 Å². The lowest BCUT2D eigenvalue weighted by molar-refractivity contribution is -0.143. The van der Waals surface area contributed by atoms with Crippen molar-refractivity contribution in [3.05, 3.63) is 74.3 Å². The first-order chi connectivity index (χ1) is 19.2. The Hall–Kier alpha value is -3.76. The number of carbonyl (C=O) groups is 2. The zero-order chi connectivity index (χ0) is 28.6. The molecule has 1 atom stereocenters. The van der Waals surface area contributed by atoms with Crippen LogP contribution in [0, 0.1) is 6.92 Å². The van der Waals surface area contributed by atoms with Gasteiger partial charge in [0.25, 0.3) is 0 Å². The first kappa shape index (κ1) is 29.2. The molecule has 1 aliphatic carbocycles. The fraction of sp³-hybridized carbons (Fsp3) is 0.400. The Bertz CT molecular complexity index is 1440. The van der Waals surface area contributed by atoms with Crippen molar-refractivity contribution < 1.29 is 24.5 Å². The largest absolute Gasteiger partial charge is 0.497 e. The third-order valence-electron chi connectivity index (χ3n) is 7.17. The minimum atomic E-state index is -1.08. The van der Waals surface area contributed by atoms with E-state index >= 15 is 0 Å². The SMILES string of the molecule is COc1ccc(CCC2CN(C3=c4ncccc4=CCc4sc(C)nc43)CCN2C)cc1.O=C(O)CCC(=O)O. The summed E-state index contributed by atoms with van der Waals surface area (Å²) < 4.78 is 5.30. The molecule has 1 unspecified atom stereocenters. The molecule has 0 saturated carbocycles. The Morgan fingerprint density at radius 3 is 2.50 bits per heavy atom. The topological polar surface area (TPSA) is 116 Å². The lowest BCUT2D eigenvalue weighted by Crippen LogP contribution is -2.52. The molecule has 5 rings (SSSR count). The number of hydrogen-bond acceptors (Lipinski definition) is 8. The van der Waals surface area contributed by atoms with E-state index in [9.17, 15) is 9.59 Å². The second-order valence-corrected chi connectivity index (χ2v) is 11.2. The van der Waals surface area contributed by atoms with Crippen LogP contribution in [0.3, 0.4) is 0 Å². The molecular weight excluding hydrogens is 528 g/mol. The Labute approximate surface area is 238 Å². The lowest BCUT2D eigenvalue weighted by Gasteiger charge is -2.41. The molecule has 1 aliphatic heterocycles. The van der Waals surface area contributed by atoms with E-state index in [0.29, 0.717) is 6.04 Å². The number of benzene rings is 1. The molecule has 3 aromatic rings. The molecule has 2 aliphatic rings. The van der Waals surface area contributed by atoms with Crippen LogP contribution in [0.2, 0.25) is 0 Å². The highest BCUT2D eigenvalue weighted by Crippen LogP contribution is 2.29. The average Bonchev–Trinajstić information content (AvgIpc) is 3.24. The Morgan fingerprint density at radius 2 is 1.82 bits per heavy atom. The summed E-state index contributed by atoms with van der Waals surface area (Å²) in [5.41, 5.74) is 3.72. The molecule has 1 saturated heterocycles. The summed E-state index contributed by atoms with van der Waals surface area (Å²) in [5, 5.41) is 19.2. The molecular formula is C30H36N4O5S. The number of hydrogen-bond donors (Lipinski definition) is 2. The van der Waals surface area contributed by atoms with E-state index in [1.807, 2.05) is 23.6 Å². The van der Waals surface area contributed by atoms with Gasteiger partial charge in [-0.15, -0.1) is 11.3 Å². The van der Waals surface area contributed by atoms with Crippen LogP contribution in [0.25, 0.3) is 11.8 Å². The Balaban J connectivity index is 0.000000406. The molecule has 2 N–H and O–H groups in total. The standard InChI is InChI=1S/C26H30N4OS.C4H6O4/c1-18-28-25-23(32-18)13-9-20-5-4-14-27-24(20)26(25)30-16-15-29(2)21(17-30)10-6-19-7-11-22(31-3)12-8-19;5-3(6)1-2-4(7)8/h4-5,7-9,11-12,14,21H,6,10,13,15-17H2,1-3H3;1-2H2,(H,5,6)(H,7,8). The van der Waals surface area contributed by atoms with Gasteiger partial charge in [-0.25, -0.2) is 4.98 Å². The summed E-state index contributed by atoms with van der Waals surface area (Å²) in [4.78, 5) is 35.5. The van der Waals surface area contributed by atoms with Gasteiger partial charge in [0.05, 0.1) is 36.0 Å². The predicted molar refractivity (Wildman–Crippen MR) is 155 cm³/mol. The number of pyridine rings is 1. The van der Waals surface area contributed by atoms with E-state index in [-0.39, 0.29) is 12.8 Å². The number of thiazole rings is 1. The number of ether oxygens (including phenoxy) is 1. The van der Waals surface area contributed by atoms with Crippen LogP contribution in [0.1, 0.15) is 40.4 Å². The van der Waals surface area contributed by atoms with Crippen LogP contribution in [-0.2, 0) is 22.4 Å². The van der Waals surface area contributed by atoms with Crippen molar-refractivity contribution in [3.63, 3.8) is 0 Å². The molecule has 212 valence electrons. The molecule has 0 radical (unpaired) electrons. The number of rotatable bonds is 8. The smallest absolute Gasteiger partial charge is 0.303 e. The summed E-state index contributed by atoms with van der Waals surface area (Å²) >= 11 is 1.82. The zero-order valence-electron chi connectivity index (χ0n) is 23.2. The molecule has 9 nitrogen and oxygen atoms in total. The molecule has 1 fully saturated rings. The van der Waals surface area contributed by atoms with Crippen LogP contribution >= 0.6 is 11.3 Å². The molecule has 3 heterocycles. The van der Waals surface area contributed by atoms with Gasteiger partial charge in [-0.2, -0.15) is 0 Å². The number of carboxylic acid groups (broad SMARTS) is 2. The van der Waals surface area contributed by atoms with Crippen LogP contribution < -0.4 is 15.3 Å². The van der Waals surface area contributed by atoms with Gasteiger partial charge < -0.3 is 19.8 Å². The Morgan fingerprint density at radius 1 is 1.10 bits per heavy atom. The normalized spacial score (nSPS) is 16.5. The van der Waals surface area contributed by atoms with E-state index in [2.05, 4.69) is 60.2 Å². The van der Waals surface area contributed by atoms with Gasteiger partial charge in [-0.1, -0.05) is 24.3 Å². The number of carboxylic acids is 2. The second kappa shape index (κ2) is 13.5. The maximum absolute atomic E-state index is 9.64. The molecule has 1 aromatic carbocycles. The van der Waals surface area contributed by atoms with Crippen molar-refractivity contribution in [2.24, 2.45) is 0 Å². The zero-order valence-corrected chi connectivity index (χ0v) is 24.0. The van der Waals surface area contributed by atoms with Crippen LogP contribution in [0.15, 0.2) is 42.6 Å². The monoisotopic (exact) mass is 564 g/mol. The number of aryl methyl sites for hydroxylation is 2. The molecule has 2 aromatic heterocycles. The molecule has 0 bridgehead atoms. The fourth-order valence-electron chi connectivity index (χ4n) is 4.99. The highest BCUT2D eigenvalue weighted by molar-refractivity contribution is 7.11. The minimum absolute atomic E-state index is 0.296. The number of likely N-dealkylation sites (N-methyl/N-ethyl adjacent to an activating group) is 1. The second-order valence-electron chi connectivity index (χ2n) is 9.96. The first-order valence-electron chi connectivity index (χ1n) is 13.4. The summed E-state index contributed by atoms with van der Waals surface area (Å²) in [7, 11) is 3.97. The minimum Gasteiger partial charge on any atom is -0.497 e. The highest BCUT2D eigenvalue weighted by atomic mass is 32.1. The van der Waals surface area contributed by atoms with Crippen molar-refractivity contribution in [2.75, 3.05) is 33.8 Å². The Kier molecular flexibility index (Phi) is 9.89. The van der Waals surface area contributed by atoms with Crippen molar-refractivity contribution in [3.8, 4) is 5.75 Å². The van der Waals surface area contributed by atoms with Gasteiger partial charge in [0.1, 0.15) is 11.4 Å². The van der Waals surface area contributed by atoms with Gasteiger partial charge in [0, 0.05) is 43.2 Å². The quantitative estimate of drug-likeness (QED) is 0.426. The van der Waals surface area contributed by atoms with Gasteiger partial charge in [-0.3, -0.25) is 19.5 Å². The number of methoxy groups -OCH3 is 1. The average molecular weight is 565 g/mol. The number of nitrogens with zero attached hydrogens (tertiary/aromatic N) is 4. The van der Waals surface area contributed by atoms with Crippen LogP contribution in [-0.4, -0.2) is 81.8 Å². The van der Waals surface area contributed by atoms with E-state index < -0.39 is 11.9 Å². The van der Waals surface area contributed by atoms with Crippen molar-refractivity contribution in [2.45, 2.75) is 45.1 Å². The van der Waals surface area contributed by atoms with E-state index in [0.717, 1.165) is 60.7 Å². The van der Waals surface area contributed by atoms with Gasteiger partial charge in [0.15, 0.2) is 0 Å². The van der Waals surface area contributed by atoms with Crippen molar-refractivity contribution in [1.29, 1.82) is 0 Å². The number of piperazine rings is 1. The summed E-state index contributed by atoms with van der Waals surface area (Å²) in [6.45, 7) is 5.14. The van der Waals surface area contributed by atoms with Crippen LogP contribution in [0.4, 0.5) is 0 Å². The van der Waals surface area contributed by atoms with E-state index in [4.69, 9.17) is 24.9 Å². The van der Waals surface area contributed by atoms with E-state index in [1.165, 1.54) is 21.4 Å². The summed E-state index contributed by atoms with van der Waals surface area (Å²) in [6, 6.07) is 13.2. The van der Waals surface area contributed by atoms with Gasteiger partial charge in [-0.05, 0) is 55.8 Å². The van der Waals surface area contributed by atoms with Gasteiger partial charge in [0.2, 0.25) is 0 Å². The molecule has 40 heavy (non-hydrogen) atoms. The third-order valence-corrected chi connectivity index (χ3v) is 8.16. The summed E-state index contributed by atoms with van der Waals surface area (Å²) in [5.74, 6) is -1.24. The fourth-order valence-corrected chi connectivity index (χ4v) is 5.89. The maximum atomic E-state index is 9.64. The third kappa shape index (κ3) is 7.45. The highest BCUT2D eigenvalue weighted by Gasteiger charge is 2.29. The number of aromatic nitrogens is 2. The number of aliphatic carboxylic acids is 2. The van der Waals surface area contributed by atoms with Crippen molar-refractivity contribution >= 4 is 35.0 Å².